The zero-order valence-corrected chi connectivity index (χ0v) is 13.8. The quantitative estimate of drug-likeness (QED) is 0.856. The molecule has 1 saturated heterocycles. The summed E-state index contributed by atoms with van der Waals surface area (Å²) < 4.78 is 33.0. The molecule has 7 heteroatoms. The normalized spacial score (nSPS) is 20.4. The number of oxazole rings is 1. The highest BCUT2D eigenvalue weighted by Gasteiger charge is 2.30. The molecule has 0 atom stereocenters. The molecule has 1 aliphatic carbocycles. The first-order valence-corrected chi connectivity index (χ1v) is 9.96. The van der Waals surface area contributed by atoms with Gasteiger partial charge in [-0.3, -0.25) is 0 Å². The molecular weight excluding hydrogens is 320 g/mol. The molecule has 2 aromatic heterocycles. The molecule has 3 heterocycles. The molecule has 0 N–H and O–H groups in total. The number of rotatable bonds is 4. The van der Waals surface area contributed by atoms with E-state index >= 15 is 0 Å². The zero-order chi connectivity index (χ0) is 15.2. The molecule has 0 unspecified atom stereocenters. The van der Waals surface area contributed by atoms with Gasteiger partial charge in [-0.05, 0) is 37.8 Å². The van der Waals surface area contributed by atoms with Gasteiger partial charge in [-0.2, -0.15) is 4.31 Å². The largest absolute Gasteiger partial charge is 0.440 e. The lowest BCUT2D eigenvalue weighted by Gasteiger charge is -2.25. The first-order valence-electron chi connectivity index (χ1n) is 7.71. The highest BCUT2D eigenvalue weighted by molar-refractivity contribution is 7.91. The van der Waals surface area contributed by atoms with Gasteiger partial charge in [0.1, 0.15) is 4.21 Å². The van der Waals surface area contributed by atoms with Crippen molar-refractivity contribution >= 4 is 21.4 Å². The van der Waals surface area contributed by atoms with Crippen molar-refractivity contribution in [3.05, 3.63) is 24.2 Å². The Hall–Kier alpha value is -1.18. The van der Waals surface area contributed by atoms with Gasteiger partial charge in [0.2, 0.25) is 0 Å². The number of hydrogen-bond acceptors (Lipinski definition) is 5. The molecule has 1 aliphatic heterocycles. The minimum absolute atomic E-state index is 0.397. The maximum Gasteiger partial charge on any atom is 0.252 e. The van der Waals surface area contributed by atoms with E-state index in [0.29, 0.717) is 29.0 Å². The van der Waals surface area contributed by atoms with E-state index in [1.54, 1.807) is 16.6 Å². The molecule has 4 rings (SSSR count). The number of sulfonamides is 1. The summed E-state index contributed by atoms with van der Waals surface area (Å²) in [6, 6.07) is 3.50. The van der Waals surface area contributed by atoms with Gasteiger partial charge in [0.15, 0.2) is 11.7 Å². The summed E-state index contributed by atoms with van der Waals surface area (Å²) in [4.78, 5) is 5.12. The first kappa shape index (κ1) is 14.4. The minimum Gasteiger partial charge on any atom is -0.440 e. The Morgan fingerprint density at radius 1 is 1.18 bits per heavy atom. The standard InChI is InChI=1S/C15H18N2O3S2/c18-22(19,17-8-2-1-3-9-17)14-7-6-13(21-14)12-10-16-15(20-12)11-4-5-11/h6-7,10-11H,1-5,8-9H2. The van der Waals surface area contributed by atoms with Crippen LogP contribution in [-0.2, 0) is 10.0 Å². The smallest absolute Gasteiger partial charge is 0.252 e. The van der Waals surface area contributed by atoms with Crippen LogP contribution in [0.1, 0.15) is 43.9 Å². The predicted octanol–water partition coefficient (Wildman–Crippen LogP) is 3.46. The van der Waals surface area contributed by atoms with Crippen LogP contribution in [0.3, 0.4) is 0 Å². The van der Waals surface area contributed by atoms with Crippen molar-refractivity contribution in [2.75, 3.05) is 13.1 Å². The second kappa shape index (κ2) is 5.47. The van der Waals surface area contributed by atoms with E-state index in [1.165, 1.54) is 11.3 Å². The fraction of sp³-hybridized carbons (Fsp3) is 0.533. The molecule has 2 aliphatic rings. The maximum absolute atomic E-state index is 12.6. The fourth-order valence-electron chi connectivity index (χ4n) is 2.74. The molecule has 2 aromatic rings. The number of aromatic nitrogens is 1. The summed E-state index contributed by atoms with van der Waals surface area (Å²) in [5.74, 6) is 1.92. The van der Waals surface area contributed by atoms with Crippen LogP contribution in [0.15, 0.2) is 27.0 Å². The average molecular weight is 338 g/mol. The molecule has 0 spiro atoms. The predicted molar refractivity (Wildman–Crippen MR) is 84.4 cm³/mol. The molecule has 22 heavy (non-hydrogen) atoms. The topological polar surface area (TPSA) is 63.4 Å². The fourth-order valence-corrected chi connectivity index (χ4v) is 5.67. The van der Waals surface area contributed by atoms with Gasteiger partial charge in [-0.15, -0.1) is 11.3 Å². The van der Waals surface area contributed by atoms with Crippen LogP contribution >= 0.6 is 11.3 Å². The van der Waals surface area contributed by atoms with Crippen LogP contribution in [0.5, 0.6) is 0 Å². The molecule has 118 valence electrons. The van der Waals surface area contributed by atoms with Gasteiger partial charge in [0, 0.05) is 19.0 Å². The highest BCUT2D eigenvalue weighted by atomic mass is 32.2. The van der Waals surface area contributed by atoms with Crippen LogP contribution in [0.25, 0.3) is 10.6 Å². The molecule has 0 bridgehead atoms. The molecular formula is C15H18N2O3S2. The summed E-state index contributed by atoms with van der Waals surface area (Å²) >= 11 is 1.27. The molecule has 1 saturated carbocycles. The summed E-state index contributed by atoms with van der Waals surface area (Å²) in [5.41, 5.74) is 0. The summed E-state index contributed by atoms with van der Waals surface area (Å²) in [6.07, 6.45) is 6.99. The Morgan fingerprint density at radius 2 is 1.95 bits per heavy atom. The Balaban J connectivity index is 1.59. The third-order valence-electron chi connectivity index (χ3n) is 4.18. The number of piperidine rings is 1. The average Bonchev–Trinajstić information content (AvgIpc) is 3.06. The summed E-state index contributed by atoms with van der Waals surface area (Å²) in [7, 11) is -3.36. The van der Waals surface area contributed by atoms with Crippen molar-refractivity contribution in [3.8, 4) is 10.6 Å². The van der Waals surface area contributed by atoms with Crippen molar-refractivity contribution in [2.45, 2.75) is 42.2 Å². The number of thiophene rings is 1. The lowest BCUT2D eigenvalue weighted by atomic mass is 10.2. The Kier molecular flexibility index (Phi) is 3.58. The van der Waals surface area contributed by atoms with E-state index in [2.05, 4.69) is 4.98 Å². The Morgan fingerprint density at radius 3 is 2.68 bits per heavy atom. The molecule has 0 amide bonds. The summed E-state index contributed by atoms with van der Waals surface area (Å²) in [6.45, 7) is 1.26. The van der Waals surface area contributed by atoms with Crippen molar-refractivity contribution in [3.63, 3.8) is 0 Å². The lowest BCUT2D eigenvalue weighted by Crippen LogP contribution is -2.35. The third-order valence-corrected chi connectivity index (χ3v) is 7.65. The van der Waals surface area contributed by atoms with Crippen LogP contribution in [-0.4, -0.2) is 30.8 Å². The highest BCUT2D eigenvalue weighted by Crippen LogP contribution is 2.41. The third kappa shape index (κ3) is 2.61. The van der Waals surface area contributed by atoms with Crippen LogP contribution in [0.4, 0.5) is 0 Å². The van der Waals surface area contributed by atoms with Crippen molar-refractivity contribution in [1.29, 1.82) is 0 Å². The van der Waals surface area contributed by atoms with Gasteiger partial charge in [0.25, 0.3) is 10.0 Å². The SMILES string of the molecule is O=S(=O)(c1ccc(-c2cnc(C3CC3)o2)s1)N1CCCCC1. The number of hydrogen-bond donors (Lipinski definition) is 0. The monoisotopic (exact) mass is 338 g/mol. The van der Waals surface area contributed by atoms with Gasteiger partial charge >= 0.3 is 0 Å². The van der Waals surface area contributed by atoms with Crippen LogP contribution < -0.4 is 0 Å². The van der Waals surface area contributed by atoms with E-state index in [-0.39, 0.29) is 0 Å². The van der Waals surface area contributed by atoms with E-state index in [1.807, 2.05) is 6.07 Å². The van der Waals surface area contributed by atoms with Crippen molar-refractivity contribution in [2.24, 2.45) is 0 Å². The first-order chi connectivity index (χ1) is 10.6. The Bertz CT molecular complexity index is 768. The molecule has 0 radical (unpaired) electrons. The van der Waals surface area contributed by atoms with E-state index in [0.717, 1.165) is 42.9 Å². The van der Waals surface area contributed by atoms with Gasteiger partial charge in [-0.25, -0.2) is 13.4 Å². The molecule has 0 aromatic carbocycles. The molecule has 5 nitrogen and oxygen atoms in total. The van der Waals surface area contributed by atoms with E-state index in [4.69, 9.17) is 4.42 Å². The van der Waals surface area contributed by atoms with Gasteiger partial charge < -0.3 is 4.42 Å². The van der Waals surface area contributed by atoms with Crippen LogP contribution in [0, 0.1) is 0 Å². The van der Waals surface area contributed by atoms with Crippen molar-refractivity contribution in [1.82, 2.24) is 9.29 Å². The zero-order valence-electron chi connectivity index (χ0n) is 12.2. The maximum atomic E-state index is 12.6. The Labute approximate surface area is 134 Å². The lowest BCUT2D eigenvalue weighted by molar-refractivity contribution is 0.347. The van der Waals surface area contributed by atoms with Crippen molar-refractivity contribution < 1.29 is 12.8 Å². The second-order valence-electron chi connectivity index (χ2n) is 5.92. The molecule has 2 fully saturated rings. The minimum atomic E-state index is -3.36. The van der Waals surface area contributed by atoms with E-state index < -0.39 is 10.0 Å². The summed E-state index contributed by atoms with van der Waals surface area (Å²) in [5, 5.41) is 0. The van der Waals surface area contributed by atoms with Gasteiger partial charge in [0.05, 0.1) is 11.1 Å². The second-order valence-corrected chi connectivity index (χ2v) is 9.17. The number of nitrogens with zero attached hydrogens (tertiary/aromatic N) is 2. The van der Waals surface area contributed by atoms with Gasteiger partial charge in [-0.1, -0.05) is 6.42 Å². The van der Waals surface area contributed by atoms with E-state index in [9.17, 15) is 8.42 Å². The van der Waals surface area contributed by atoms with Crippen LogP contribution in [0.2, 0.25) is 0 Å².